The third-order valence-corrected chi connectivity index (χ3v) is 3.81. The van der Waals surface area contributed by atoms with Crippen molar-refractivity contribution in [3.8, 4) is 0 Å². The van der Waals surface area contributed by atoms with Crippen molar-refractivity contribution in [2.24, 2.45) is 0 Å². The first kappa shape index (κ1) is 14.8. The molecule has 1 aromatic heterocycles. The second kappa shape index (κ2) is 5.38. The first-order valence-electron chi connectivity index (χ1n) is 6.69. The summed E-state index contributed by atoms with van der Waals surface area (Å²) in [6.07, 6.45) is 0. The van der Waals surface area contributed by atoms with E-state index in [-0.39, 0.29) is 17.8 Å². The molecule has 0 atom stereocenters. The molecule has 0 aliphatic rings. The van der Waals surface area contributed by atoms with Gasteiger partial charge in [0.1, 0.15) is 5.58 Å². The molecule has 108 valence electrons. The highest BCUT2D eigenvalue weighted by atomic mass is 16.4. The van der Waals surface area contributed by atoms with Crippen molar-refractivity contribution in [1.82, 2.24) is 4.90 Å². The van der Waals surface area contributed by atoms with Gasteiger partial charge in [0.15, 0.2) is 0 Å². The Hall–Kier alpha value is -1.65. The summed E-state index contributed by atoms with van der Waals surface area (Å²) in [6, 6.07) is 7.38. The number of hydrogen-bond donors (Lipinski definition) is 1. The van der Waals surface area contributed by atoms with E-state index in [2.05, 4.69) is 0 Å². The Morgan fingerprint density at radius 2 is 2.00 bits per heavy atom. The minimum Gasteiger partial charge on any atom is -0.423 e. The van der Waals surface area contributed by atoms with Gasteiger partial charge < -0.3 is 9.52 Å². The van der Waals surface area contributed by atoms with Crippen LogP contribution in [0.25, 0.3) is 11.0 Å². The second-order valence-corrected chi connectivity index (χ2v) is 5.92. The number of aliphatic hydroxyl groups excluding tert-OH is 1. The summed E-state index contributed by atoms with van der Waals surface area (Å²) in [5, 5.41) is 10.4. The van der Waals surface area contributed by atoms with Gasteiger partial charge in [-0.2, -0.15) is 0 Å². The van der Waals surface area contributed by atoms with Crippen LogP contribution >= 0.6 is 0 Å². The maximum Gasteiger partial charge on any atom is 0.336 e. The van der Waals surface area contributed by atoms with E-state index in [1.807, 2.05) is 50.9 Å². The summed E-state index contributed by atoms with van der Waals surface area (Å²) in [6.45, 7) is 6.53. The van der Waals surface area contributed by atoms with Crippen LogP contribution in [0.4, 0.5) is 0 Å². The van der Waals surface area contributed by atoms with Crippen LogP contribution in [0.3, 0.4) is 0 Å². The lowest BCUT2D eigenvalue weighted by Crippen LogP contribution is -2.43. The van der Waals surface area contributed by atoms with E-state index in [4.69, 9.17) is 4.42 Å². The largest absolute Gasteiger partial charge is 0.423 e. The first-order chi connectivity index (χ1) is 9.33. The van der Waals surface area contributed by atoms with Crippen LogP contribution in [0, 0.1) is 6.92 Å². The van der Waals surface area contributed by atoms with Crippen LogP contribution in [0.15, 0.2) is 33.5 Å². The van der Waals surface area contributed by atoms with Gasteiger partial charge in [-0.3, -0.25) is 4.90 Å². The maximum atomic E-state index is 11.7. The smallest absolute Gasteiger partial charge is 0.336 e. The fourth-order valence-electron chi connectivity index (χ4n) is 2.06. The molecule has 1 N–H and O–H groups in total. The molecule has 0 fully saturated rings. The lowest BCUT2D eigenvalue weighted by molar-refractivity contribution is 0.0736. The Morgan fingerprint density at radius 3 is 2.65 bits per heavy atom. The van der Waals surface area contributed by atoms with E-state index < -0.39 is 0 Å². The predicted molar refractivity (Wildman–Crippen MR) is 79.9 cm³/mol. The lowest BCUT2D eigenvalue weighted by Gasteiger charge is -2.34. The summed E-state index contributed by atoms with van der Waals surface area (Å²) in [5.74, 6) is 0. The molecule has 2 rings (SSSR count). The minimum atomic E-state index is -0.340. The molecule has 1 aromatic carbocycles. The lowest BCUT2D eigenvalue weighted by atomic mass is 10.0. The third-order valence-electron chi connectivity index (χ3n) is 3.81. The number of likely N-dealkylation sites (N-methyl/N-ethyl adjacent to an activating group) is 1. The van der Waals surface area contributed by atoms with Gasteiger partial charge in [-0.25, -0.2) is 4.79 Å². The van der Waals surface area contributed by atoms with Gasteiger partial charge in [0.2, 0.25) is 0 Å². The number of aliphatic hydroxyl groups is 1. The van der Waals surface area contributed by atoms with Crippen molar-refractivity contribution in [3.05, 3.63) is 45.8 Å². The van der Waals surface area contributed by atoms with Gasteiger partial charge in [0.05, 0.1) is 6.61 Å². The summed E-state index contributed by atoms with van der Waals surface area (Å²) in [4.78, 5) is 13.7. The SMILES string of the molecule is Cc1ccc2c(CN(C)C(C)(C)CO)cc(=O)oc2c1. The molecular formula is C16H21NO3. The Kier molecular flexibility index (Phi) is 3.97. The number of fused-ring (bicyclic) bond motifs is 1. The molecule has 0 aliphatic heterocycles. The van der Waals surface area contributed by atoms with Gasteiger partial charge >= 0.3 is 5.63 Å². The Balaban J connectivity index is 2.47. The van der Waals surface area contributed by atoms with E-state index >= 15 is 0 Å². The molecule has 2 aromatic rings. The second-order valence-electron chi connectivity index (χ2n) is 5.92. The van der Waals surface area contributed by atoms with Crippen LogP contribution in [0.2, 0.25) is 0 Å². The van der Waals surface area contributed by atoms with E-state index in [1.165, 1.54) is 6.07 Å². The first-order valence-corrected chi connectivity index (χ1v) is 6.69. The molecule has 0 aliphatic carbocycles. The van der Waals surface area contributed by atoms with Crippen molar-refractivity contribution in [2.75, 3.05) is 13.7 Å². The van der Waals surface area contributed by atoms with E-state index in [9.17, 15) is 9.90 Å². The topological polar surface area (TPSA) is 53.7 Å². The van der Waals surface area contributed by atoms with Gasteiger partial charge in [0, 0.05) is 23.5 Å². The highest BCUT2D eigenvalue weighted by molar-refractivity contribution is 5.80. The zero-order valence-electron chi connectivity index (χ0n) is 12.4. The molecule has 4 heteroatoms. The van der Waals surface area contributed by atoms with Crippen molar-refractivity contribution in [3.63, 3.8) is 0 Å². The third kappa shape index (κ3) is 2.92. The standard InChI is InChI=1S/C16H21NO3/c1-11-5-6-13-12(8-15(19)20-14(13)7-11)9-17(4)16(2,3)10-18/h5-8,18H,9-10H2,1-4H3. The quantitative estimate of drug-likeness (QED) is 0.870. The number of nitrogens with zero attached hydrogens (tertiary/aromatic N) is 1. The fourth-order valence-corrected chi connectivity index (χ4v) is 2.06. The highest BCUT2D eigenvalue weighted by Crippen LogP contribution is 2.22. The average Bonchev–Trinajstić information content (AvgIpc) is 2.37. The highest BCUT2D eigenvalue weighted by Gasteiger charge is 2.23. The zero-order valence-corrected chi connectivity index (χ0v) is 12.4. The normalized spacial score (nSPS) is 12.3. The minimum absolute atomic E-state index is 0.0575. The molecule has 1 heterocycles. The van der Waals surface area contributed by atoms with Gasteiger partial charge in [-0.15, -0.1) is 0 Å². The number of benzene rings is 1. The molecule has 20 heavy (non-hydrogen) atoms. The van der Waals surface area contributed by atoms with Crippen molar-refractivity contribution in [2.45, 2.75) is 32.9 Å². The molecule has 0 spiro atoms. The van der Waals surface area contributed by atoms with E-state index in [0.29, 0.717) is 12.1 Å². The summed E-state index contributed by atoms with van der Waals surface area (Å²) < 4.78 is 5.25. The molecule has 0 saturated carbocycles. The molecule has 0 bridgehead atoms. The van der Waals surface area contributed by atoms with Gasteiger partial charge in [0.25, 0.3) is 0 Å². The van der Waals surface area contributed by atoms with Crippen LogP contribution < -0.4 is 5.63 Å². The molecule has 0 unspecified atom stereocenters. The molecule has 0 amide bonds. The van der Waals surface area contributed by atoms with E-state index in [1.54, 1.807) is 0 Å². The zero-order chi connectivity index (χ0) is 14.9. The average molecular weight is 275 g/mol. The molecule has 0 radical (unpaired) electrons. The molecular weight excluding hydrogens is 254 g/mol. The van der Waals surface area contributed by atoms with Crippen molar-refractivity contribution < 1.29 is 9.52 Å². The Bertz CT molecular complexity index is 673. The summed E-state index contributed by atoms with van der Waals surface area (Å²) in [7, 11) is 1.94. The molecule has 4 nitrogen and oxygen atoms in total. The summed E-state index contributed by atoms with van der Waals surface area (Å²) >= 11 is 0. The van der Waals surface area contributed by atoms with Crippen molar-refractivity contribution in [1.29, 1.82) is 0 Å². The number of hydrogen-bond acceptors (Lipinski definition) is 4. The van der Waals surface area contributed by atoms with Crippen molar-refractivity contribution >= 4 is 11.0 Å². The number of aryl methyl sites for hydroxylation is 1. The van der Waals surface area contributed by atoms with E-state index in [0.717, 1.165) is 16.5 Å². The predicted octanol–water partition coefficient (Wildman–Crippen LogP) is 2.30. The maximum absolute atomic E-state index is 11.7. The molecule has 0 saturated heterocycles. The van der Waals surface area contributed by atoms with Crippen LogP contribution in [-0.4, -0.2) is 29.2 Å². The number of rotatable bonds is 4. The fraction of sp³-hybridized carbons (Fsp3) is 0.438. The van der Waals surface area contributed by atoms with Crippen LogP contribution in [0.1, 0.15) is 25.0 Å². The van der Waals surface area contributed by atoms with Crippen LogP contribution in [0.5, 0.6) is 0 Å². The van der Waals surface area contributed by atoms with Crippen LogP contribution in [-0.2, 0) is 6.54 Å². The Labute approximate surface area is 118 Å². The monoisotopic (exact) mass is 275 g/mol. The van der Waals surface area contributed by atoms with Gasteiger partial charge in [-0.05, 0) is 45.0 Å². The Morgan fingerprint density at radius 1 is 1.30 bits per heavy atom. The summed E-state index contributed by atoms with van der Waals surface area (Å²) in [5.41, 5.74) is 1.91. The van der Waals surface area contributed by atoms with Gasteiger partial charge in [-0.1, -0.05) is 12.1 Å².